The summed E-state index contributed by atoms with van der Waals surface area (Å²) in [6, 6.07) is 6.18. The van der Waals surface area contributed by atoms with Crippen LogP contribution in [0.4, 0.5) is 10.1 Å². The molecule has 6 heteroatoms. The van der Waals surface area contributed by atoms with Gasteiger partial charge in [-0.05, 0) is 36.3 Å². The Labute approximate surface area is 138 Å². The van der Waals surface area contributed by atoms with Crippen LogP contribution in [0.5, 0.6) is 0 Å². The molecule has 1 aromatic carbocycles. The van der Waals surface area contributed by atoms with E-state index in [2.05, 4.69) is 39.2 Å². The van der Waals surface area contributed by atoms with Crippen LogP contribution in [0, 0.1) is 17.1 Å². The van der Waals surface area contributed by atoms with E-state index in [9.17, 15) is 4.39 Å². The second-order valence-electron chi connectivity index (χ2n) is 7.55. The zero-order valence-electron chi connectivity index (χ0n) is 14.4. The number of nitrogens with one attached hydrogen (secondary N) is 1. The van der Waals surface area contributed by atoms with Crippen LogP contribution in [0.3, 0.4) is 0 Å². The lowest BCUT2D eigenvalue weighted by Crippen LogP contribution is -2.48. The van der Waals surface area contributed by atoms with Crippen molar-refractivity contribution in [3.63, 3.8) is 0 Å². The van der Waals surface area contributed by atoms with Gasteiger partial charge in [0.25, 0.3) is 0 Å². The Hall–Kier alpha value is -1.42. The molecule has 1 aliphatic rings. The number of anilines is 1. The number of nitriles is 1. The molecule has 0 aromatic heterocycles. The maximum atomic E-state index is 13.6. The molecule has 2 rings (SSSR count). The molecular formula is C17H25FN2O2Si. The van der Waals surface area contributed by atoms with Gasteiger partial charge in [0.1, 0.15) is 5.82 Å². The van der Waals surface area contributed by atoms with Crippen LogP contribution in [-0.4, -0.2) is 33.7 Å². The maximum Gasteiger partial charge on any atom is 0.192 e. The van der Waals surface area contributed by atoms with Gasteiger partial charge in [-0.2, -0.15) is 5.26 Å². The third-order valence-electron chi connectivity index (χ3n) is 4.66. The molecule has 4 nitrogen and oxygen atoms in total. The summed E-state index contributed by atoms with van der Waals surface area (Å²) in [5.74, 6) is -0.424. The topological polar surface area (TPSA) is 54.3 Å². The molecule has 1 aromatic rings. The summed E-state index contributed by atoms with van der Waals surface area (Å²) in [5, 5.41) is 12.3. The first-order valence-corrected chi connectivity index (χ1v) is 10.8. The Morgan fingerprint density at radius 2 is 2.00 bits per heavy atom. The third kappa shape index (κ3) is 4.31. The lowest BCUT2D eigenvalue weighted by Gasteiger charge is -2.39. The molecule has 0 spiro atoms. The molecule has 0 saturated carbocycles. The van der Waals surface area contributed by atoms with Crippen molar-refractivity contribution in [2.24, 2.45) is 0 Å². The fraction of sp³-hybridized carbons (Fsp3) is 0.588. The molecular weight excluding hydrogens is 311 g/mol. The fourth-order valence-corrected chi connectivity index (χ4v) is 3.63. The standard InChI is InChI=1S/C17H25FN2O2Si/c1-17(2,3)23(4,5)22-16-11-21-10-15(16)20-14-7-12(9-19)6-13(18)8-14/h6-8,15-16,20H,10-11H2,1-5H3. The van der Waals surface area contributed by atoms with Gasteiger partial charge in [0.2, 0.25) is 0 Å². The molecule has 0 radical (unpaired) electrons. The summed E-state index contributed by atoms with van der Waals surface area (Å²) in [5.41, 5.74) is 0.883. The predicted molar refractivity (Wildman–Crippen MR) is 91.4 cm³/mol. The van der Waals surface area contributed by atoms with Gasteiger partial charge in [0.15, 0.2) is 8.32 Å². The number of hydrogen-bond donors (Lipinski definition) is 1. The highest BCUT2D eigenvalue weighted by atomic mass is 28.4. The summed E-state index contributed by atoms with van der Waals surface area (Å²) >= 11 is 0. The SMILES string of the molecule is CC(C)(C)[Si](C)(C)OC1COCC1Nc1cc(F)cc(C#N)c1. The van der Waals surface area contributed by atoms with E-state index < -0.39 is 14.1 Å². The highest BCUT2D eigenvalue weighted by Crippen LogP contribution is 2.38. The van der Waals surface area contributed by atoms with E-state index in [0.29, 0.717) is 24.5 Å². The Kier molecular flexibility index (Phi) is 5.14. The average Bonchev–Trinajstić information content (AvgIpc) is 2.83. The van der Waals surface area contributed by atoms with Crippen LogP contribution < -0.4 is 5.32 Å². The Balaban J connectivity index is 2.11. The first-order valence-electron chi connectivity index (χ1n) is 7.85. The first kappa shape index (κ1) is 17.9. The smallest absolute Gasteiger partial charge is 0.192 e. The van der Waals surface area contributed by atoms with E-state index in [-0.39, 0.29) is 17.2 Å². The average molecular weight is 336 g/mol. The molecule has 2 unspecified atom stereocenters. The van der Waals surface area contributed by atoms with Crippen LogP contribution in [0.15, 0.2) is 18.2 Å². The fourth-order valence-electron chi connectivity index (χ4n) is 2.29. The van der Waals surface area contributed by atoms with E-state index in [1.165, 1.54) is 12.1 Å². The largest absolute Gasteiger partial charge is 0.409 e. The van der Waals surface area contributed by atoms with Crippen molar-refractivity contribution in [3.05, 3.63) is 29.6 Å². The van der Waals surface area contributed by atoms with Gasteiger partial charge in [0, 0.05) is 5.69 Å². The number of halogens is 1. The molecule has 0 amide bonds. The second kappa shape index (κ2) is 6.60. The quantitative estimate of drug-likeness (QED) is 0.847. The molecule has 0 bridgehead atoms. The van der Waals surface area contributed by atoms with E-state index in [1.54, 1.807) is 6.07 Å². The maximum absolute atomic E-state index is 13.6. The lowest BCUT2D eigenvalue weighted by atomic mass is 10.1. The molecule has 23 heavy (non-hydrogen) atoms. The summed E-state index contributed by atoms with van der Waals surface area (Å²) in [6.45, 7) is 12.1. The Morgan fingerprint density at radius 3 is 2.61 bits per heavy atom. The van der Waals surface area contributed by atoms with Crippen molar-refractivity contribution >= 4 is 14.0 Å². The van der Waals surface area contributed by atoms with Crippen molar-refractivity contribution in [2.75, 3.05) is 18.5 Å². The summed E-state index contributed by atoms with van der Waals surface area (Å²) in [6.07, 6.45) is -0.0651. The summed E-state index contributed by atoms with van der Waals surface area (Å²) < 4.78 is 25.6. The van der Waals surface area contributed by atoms with Crippen molar-refractivity contribution in [3.8, 4) is 6.07 Å². The van der Waals surface area contributed by atoms with Crippen molar-refractivity contribution in [1.82, 2.24) is 0 Å². The molecule has 1 N–H and O–H groups in total. The predicted octanol–water partition coefficient (Wildman–Crippen LogP) is 3.90. The van der Waals surface area contributed by atoms with Gasteiger partial charge < -0.3 is 14.5 Å². The first-order chi connectivity index (χ1) is 10.6. The Morgan fingerprint density at radius 1 is 1.30 bits per heavy atom. The molecule has 1 saturated heterocycles. The molecule has 2 atom stereocenters. The van der Waals surface area contributed by atoms with E-state index in [1.807, 2.05) is 6.07 Å². The van der Waals surface area contributed by atoms with Gasteiger partial charge in [-0.25, -0.2) is 4.39 Å². The minimum Gasteiger partial charge on any atom is -0.409 e. The highest BCUT2D eigenvalue weighted by Gasteiger charge is 2.42. The van der Waals surface area contributed by atoms with Crippen LogP contribution in [0.2, 0.25) is 18.1 Å². The van der Waals surface area contributed by atoms with Crippen LogP contribution in [-0.2, 0) is 9.16 Å². The van der Waals surface area contributed by atoms with Crippen molar-refractivity contribution in [1.29, 1.82) is 5.26 Å². The molecule has 126 valence electrons. The summed E-state index contributed by atoms with van der Waals surface area (Å²) in [4.78, 5) is 0. The summed E-state index contributed by atoms with van der Waals surface area (Å²) in [7, 11) is -1.90. The van der Waals surface area contributed by atoms with Crippen molar-refractivity contribution in [2.45, 2.75) is 51.0 Å². The minimum atomic E-state index is -1.90. The Bertz CT molecular complexity index is 608. The lowest BCUT2D eigenvalue weighted by molar-refractivity contribution is 0.131. The molecule has 1 aliphatic heterocycles. The van der Waals surface area contributed by atoms with Gasteiger partial charge in [-0.3, -0.25) is 0 Å². The van der Waals surface area contributed by atoms with Gasteiger partial charge in [-0.1, -0.05) is 20.8 Å². The minimum absolute atomic E-state index is 0.0440. The van der Waals surface area contributed by atoms with Crippen LogP contribution in [0.25, 0.3) is 0 Å². The molecule has 1 heterocycles. The monoisotopic (exact) mass is 336 g/mol. The third-order valence-corrected chi connectivity index (χ3v) is 9.16. The molecule has 0 aliphatic carbocycles. The van der Waals surface area contributed by atoms with Crippen LogP contribution >= 0.6 is 0 Å². The van der Waals surface area contributed by atoms with Gasteiger partial charge in [0.05, 0.1) is 37.0 Å². The number of hydrogen-bond acceptors (Lipinski definition) is 4. The van der Waals surface area contributed by atoms with E-state index in [4.69, 9.17) is 14.4 Å². The van der Waals surface area contributed by atoms with Crippen molar-refractivity contribution < 1.29 is 13.6 Å². The number of rotatable bonds is 4. The number of ether oxygens (including phenoxy) is 1. The molecule has 1 fully saturated rings. The van der Waals surface area contributed by atoms with E-state index >= 15 is 0 Å². The van der Waals surface area contributed by atoms with Crippen LogP contribution in [0.1, 0.15) is 26.3 Å². The van der Waals surface area contributed by atoms with E-state index in [0.717, 1.165) is 0 Å². The number of nitrogens with zero attached hydrogens (tertiary/aromatic N) is 1. The van der Waals surface area contributed by atoms with Gasteiger partial charge >= 0.3 is 0 Å². The normalized spacial score (nSPS) is 22.0. The zero-order valence-corrected chi connectivity index (χ0v) is 15.4. The zero-order chi connectivity index (χ0) is 17.3. The number of benzene rings is 1. The van der Waals surface area contributed by atoms with Gasteiger partial charge in [-0.15, -0.1) is 0 Å². The second-order valence-corrected chi connectivity index (χ2v) is 12.3. The highest BCUT2D eigenvalue weighted by molar-refractivity contribution is 6.74.